The van der Waals surface area contributed by atoms with Crippen LogP contribution >= 0.6 is 11.6 Å². The second-order valence-corrected chi connectivity index (χ2v) is 5.54. The Morgan fingerprint density at radius 2 is 1.95 bits per heavy atom. The molecule has 114 valence electrons. The van der Waals surface area contributed by atoms with Crippen LogP contribution in [0.15, 0.2) is 48.5 Å². The van der Waals surface area contributed by atoms with Gasteiger partial charge in [-0.1, -0.05) is 41.9 Å². The number of hydrogen-bond donors (Lipinski definition) is 1. The van der Waals surface area contributed by atoms with E-state index in [-0.39, 0.29) is 0 Å². The summed E-state index contributed by atoms with van der Waals surface area (Å²) in [6.07, 6.45) is 0.799. The summed E-state index contributed by atoms with van der Waals surface area (Å²) in [6.45, 7) is 1.85. The minimum atomic E-state index is 0.556. The summed E-state index contributed by atoms with van der Waals surface area (Å²) >= 11 is 6.11. The van der Waals surface area contributed by atoms with Crippen LogP contribution in [-0.4, -0.2) is 22.9 Å². The molecule has 1 aromatic heterocycles. The Kier molecular flexibility index (Phi) is 4.61. The van der Waals surface area contributed by atoms with Crippen LogP contribution in [0.25, 0.3) is 10.9 Å². The average Bonchev–Trinajstić information content (AvgIpc) is 2.86. The molecule has 0 fully saturated rings. The zero-order valence-electron chi connectivity index (χ0n) is 12.2. The van der Waals surface area contributed by atoms with Crippen molar-refractivity contribution in [3.63, 3.8) is 0 Å². The molecule has 3 rings (SSSR count). The first-order valence-electron chi connectivity index (χ1n) is 7.31. The van der Waals surface area contributed by atoms with Gasteiger partial charge in [-0.25, -0.2) is 0 Å². The van der Waals surface area contributed by atoms with Crippen molar-refractivity contribution >= 4 is 22.5 Å². The zero-order chi connectivity index (χ0) is 15.4. The number of rotatable bonds is 6. The van der Waals surface area contributed by atoms with Crippen molar-refractivity contribution in [1.29, 1.82) is 0 Å². The van der Waals surface area contributed by atoms with Crippen molar-refractivity contribution in [3.8, 4) is 5.88 Å². The van der Waals surface area contributed by atoms with E-state index >= 15 is 0 Å². The molecule has 5 heteroatoms. The van der Waals surface area contributed by atoms with E-state index in [1.54, 1.807) is 0 Å². The van der Waals surface area contributed by atoms with Gasteiger partial charge in [-0.15, -0.1) is 5.10 Å². The number of nitrogens with two attached hydrogens (primary N) is 1. The van der Waals surface area contributed by atoms with Crippen LogP contribution < -0.4 is 10.5 Å². The number of ether oxygens (including phenoxy) is 1. The fourth-order valence-electron chi connectivity index (χ4n) is 2.36. The van der Waals surface area contributed by atoms with Gasteiger partial charge in [0.05, 0.1) is 24.1 Å². The van der Waals surface area contributed by atoms with Crippen LogP contribution in [0.4, 0.5) is 0 Å². The first kappa shape index (κ1) is 14.9. The standard InChI is InChI=1S/C17H18ClN3O/c18-14-7-8-16-15(11-14)17(22-10-4-9-19)20-21(16)12-13-5-2-1-3-6-13/h1-3,5-8,11H,4,9-10,12,19H2. The molecule has 0 spiro atoms. The number of benzene rings is 2. The zero-order valence-corrected chi connectivity index (χ0v) is 13.0. The predicted octanol–water partition coefficient (Wildman–Crippen LogP) is 3.47. The molecule has 0 aliphatic carbocycles. The second kappa shape index (κ2) is 6.81. The van der Waals surface area contributed by atoms with Gasteiger partial charge < -0.3 is 10.5 Å². The molecule has 4 nitrogen and oxygen atoms in total. The highest BCUT2D eigenvalue weighted by atomic mass is 35.5. The van der Waals surface area contributed by atoms with E-state index in [4.69, 9.17) is 22.1 Å². The maximum Gasteiger partial charge on any atom is 0.240 e. The lowest BCUT2D eigenvalue weighted by atomic mass is 10.2. The summed E-state index contributed by atoms with van der Waals surface area (Å²) < 4.78 is 7.71. The number of fused-ring (bicyclic) bond motifs is 1. The lowest BCUT2D eigenvalue weighted by molar-refractivity contribution is 0.301. The quantitative estimate of drug-likeness (QED) is 0.709. The van der Waals surface area contributed by atoms with Gasteiger partial charge >= 0.3 is 0 Å². The highest BCUT2D eigenvalue weighted by molar-refractivity contribution is 6.31. The Labute approximate surface area is 134 Å². The Hall–Kier alpha value is -2.04. The van der Waals surface area contributed by atoms with E-state index < -0.39 is 0 Å². The molecule has 2 aromatic carbocycles. The summed E-state index contributed by atoms with van der Waals surface area (Å²) in [7, 11) is 0. The summed E-state index contributed by atoms with van der Waals surface area (Å²) in [6, 6.07) is 16.0. The van der Waals surface area contributed by atoms with Crippen molar-refractivity contribution in [3.05, 3.63) is 59.1 Å². The van der Waals surface area contributed by atoms with Crippen molar-refractivity contribution < 1.29 is 4.74 Å². The maximum absolute atomic E-state index is 6.11. The predicted molar refractivity (Wildman–Crippen MR) is 89.5 cm³/mol. The van der Waals surface area contributed by atoms with Crippen LogP contribution in [0.3, 0.4) is 0 Å². The van der Waals surface area contributed by atoms with Crippen LogP contribution in [0, 0.1) is 0 Å². The molecule has 0 unspecified atom stereocenters. The minimum Gasteiger partial charge on any atom is -0.476 e. The van der Waals surface area contributed by atoms with Gasteiger partial charge in [0.2, 0.25) is 5.88 Å². The Balaban J connectivity index is 1.95. The minimum absolute atomic E-state index is 0.556. The molecule has 3 aromatic rings. The van der Waals surface area contributed by atoms with Gasteiger partial charge in [0.25, 0.3) is 0 Å². The largest absolute Gasteiger partial charge is 0.476 e. The van der Waals surface area contributed by atoms with Crippen molar-refractivity contribution in [2.24, 2.45) is 5.73 Å². The van der Waals surface area contributed by atoms with Crippen LogP contribution in [0.1, 0.15) is 12.0 Å². The van der Waals surface area contributed by atoms with Gasteiger partial charge in [-0.3, -0.25) is 4.68 Å². The van der Waals surface area contributed by atoms with E-state index in [1.807, 2.05) is 41.1 Å². The summed E-state index contributed by atoms with van der Waals surface area (Å²) in [5, 5.41) is 6.20. The monoisotopic (exact) mass is 315 g/mol. The first-order valence-corrected chi connectivity index (χ1v) is 7.68. The van der Waals surface area contributed by atoms with Crippen molar-refractivity contribution in [1.82, 2.24) is 9.78 Å². The van der Waals surface area contributed by atoms with Gasteiger partial charge in [0.15, 0.2) is 0 Å². The molecule has 0 saturated carbocycles. The van der Waals surface area contributed by atoms with Gasteiger partial charge in [-0.2, -0.15) is 0 Å². The molecule has 0 aliphatic heterocycles. The van der Waals surface area contributed by atoms with Crippen LogP contribution in [0.5, 0.6) is 5.88 Å². The topological polar surface area (TPSA) is 53.1 Å². The molecule has 1 heterocycles. The molecule has 2 N–H and O–H groups in total. The Morgan fingerprint density at radius 1 is 1.14 bits per heavy atom. The van der Waals surface area contributed by atoms with Crippen LogP contribution in [-0.2, 0) is 6.54 Å². The fraction of sp³-hybridized carbons (Fsp3) is 0.235. The van der Waals surface area contributed by atoms with E-state index in [0.717, 1.165) is 17.3 Å². The fourth-order valence-corrected chi connectivity index (χ4v) is 2.53. The molecular formula is C17H18ClN3O. The van der Waals surface area contributed by atoms with Gasteiger partial charge in [-0.05, 0) is 36.7 Å². The van der Waals surface area contributed by atoms with Crippen molar-refractivity contribution in [2.45, 2.75) is 13.0 Å². The summed E-state index contributed by atoms with van der Waals surface area (Å²) in [4.78, 5) is 0. The molecule has 0 amide bonds. The number of halogens is 1. The Morgan fingerprint density at radius 3 is 2.73 bits per heavy atom. The molecule has 0 saturated heterocycles. The van der Waals surface area contributed by atoms with Gasteiger partial charge in [0, 0.05) is 5.02 Å². The Bertz CT molecular complexity index is 755. The second-order valence-electron chi connectivity index (χ2n) is 5.10. The average molecular weight is 316 g/mol. The molecule has 0 radical (unpaired) electrons. The smallest absolute Gasteiger partial charge is 0.240 e. The number of nitrogens with zero attached hydrogens (tertiary/aromatic N) is 2. The summed E-state index contributed by atoms with van der Waals surface area (Å²) in [5.74, 6) is 0.613. The maximum atomic E-state index is 6.11. The molecule has 0 atom stereocenters. The summed E-state index contributed by atoms with van der Waals surface area (Å²) in [5.41, 5.74) is 7.71. The lowest BCUT2D eigenvalue weighted by Gasteiger charge is -2.03. The third kappa shape index (κ3) is 3.24. The normalized spacial score (nSPS) is 11.0. The molecule has 0 aliphatic rings. The highest BCUT2D eigenvalue weighted by Crippen LogP contribution is 2.28. The number of hydrogen-bond acceptors (Lipinski definition) is 3. The van der Waals surface area contributed by atoms with E-state index in [9.17, 15) is 0 Å². The lowest BCUT2D eigenvalue weighted by Crippen LogP contribution is -2.07. The molecular weight excluding hydrogens is 298 g/mol. The van der Waals surface area contributed by atoms with E-state index in [1.165, 1.54) is 5.56 Å². The highest BCUT2D eigenvalue weighted by Gasteiger charge is 2.12. The van der Waals surface area contributed by atoms with E-state index in [0.29, 0.717) is 30.6 Å². The van der Waals surface area contributed by atoms with Crippen molar-refractivity contribution in [2.75, 3.05) is 13.2 Å². The third-order valence-corrected chi connectivity index (χ3v) is 3.68. The third-order valence-electron chi connectivity index (χ3n) is 3.44. The molecule has 0 bridgehead atoms. The van der Waals surface area contributed by atoms with Gasteiger partial charge in [0.1, 0.15) is 0 Å². The molecule has 22 heavy (non-hydrogen) atoms. The van der Waals surface area contributed by atoms with E-state index in [2.05, 4.69) is 17.2 Å². The van der Waals surface area contributed by atoms with Crippen LogP contribution in [0.2, 0.25) is 5.02 Å². The number of aromatic nitrogens is 2. The first-order chi connectivity index (χ1) is 10.8. The SMILES string of the molecule is NCCCOc1nn(Cc2ccccc2)c2ccc(Cl)cc12.